The average molecular weight is 584 g/mol. The van der Waals surface area contributed by atoms with Crippen LogP contribution >= 0.6 is 0 Å². The molecule has 4 aromatic rings. The Morgan fingerprint density at radius 3 is 1.72 bits per heavy atom. The molecule has 0 saturated carbocycles. The van der Waals surface area contributed by atoms with Gasteiger partial charge in [-0.25, -0.2) is 4.39 Å². The molecule has 1 heterocycles. The molecule has 1 saturated heterocycles. The van der Waals surface area contributed by atoms with Gasteiger partial charge in [0.25, 0.3) is 0 Å². The standard InChI is InChI=1S/C37H42FNO4/c1-2-33(40)35-37(43-27-30-18-10-5-11-19-30)36(42-26-29-16-8-4-9-17-29)34(41-25-28-14-6-3-7-15-28)24-39(35)23-22-31-20-12-13-21-32(31)38/h3-21,33-37,40H,2,22-27H2,1H3/t33?,34-,35+,36+,37+/m0/s1. The Bertz CT molecular complexity index is 1360. The topological polar surface area (TPSA) is 51.2 Å². The number of hydrogen-bond acceptors (Lipinski definition) is 5. The number of aliphatic hydroxyl groups is 1. The van der Waals surface area contributed by atoms with E-state index >= 15 is 0 Å². The summed E-state index contributed by atoms with van der Waals surface area (Å²) in [6.07, 6.45) is -0.888. The fraction of sp³-hybridized carbons (Fsp3) is 0.351. The summed E-state index contributed by atoms with van der Waals surface area (Å²) in [5.74, 6) is -0.218. The maximum absolute atomic E-state index is 14.6. The Hall–Kier alpha value is -3.39. The van der Waals surface area contributed by atoms with Crippen molar-refractivity contribution in [1.82, 2.24) is 4.90 Å². The molecule has 1 unspecified atom stereocenters. The van der Waals surface area contributed by atoms with E-state index < -0.39 is 18.3 Å². The lowest BCUT2D eigenvalue weighted by Gasteiger charge is -2.50. The number of rotatable bonds is 14. The van der Waals surface area contributed by atoms with E-state index in [1.807, 2.05) is 110 Å². The Balaban J connectivity index is 1.46. The molecule has 1 aliphatic rings. The van der Waals surface area contributed by atoms with E-state index in [0.29, 0.717) is 51.3 Å². The highest BCUT2D eigenvalue weighted by Gasteiger charge is 2.48. The van der Waals surface area contributed by atoms with Crippen molar-refractivity contribution in [3.8, 4) is 0 Å². The quantitative estimate of drug-likeness (QED) is 0.182. The molecule has 0 radical (unpaired) electrons. The minimum absolute atomic E-state index is 0.218. The van der Waals surface area contributed by atoms with Gasteiger partial charge in [-0.3, -0.25) is 4.90 Å². The molecule has 1 fully saturated rings. The van der Waals surface area contributed by atoms with Gasteiger partial charge in [-0.15, -0.1) is 0 Å². The van der Waals surface area contributed by atoms with Crippen LogP contribution in [0, 0.1) is 5.82 Å². The van der Waals surface area contributed by atoms with Crippen LogP contribution in [-0.4, -0.2) is 53.6 Å². The van der Waals surface area contributed by atoms with Crippen LogP contribution in [0.2, 0.25) is 0 Å². The Kier molecular flexibility index (Phi) is 11.5. The molecular formula is C37H42FNO4. The molecule has 0 bridgehead atoms. The molecule has 0 aromatic heterocycles. The van der Waals surface area contributed by atoms with Crippen LogP contribution in [0.15, 0.2) is 115 Å². The zero-order valence-corrected chi connectivity index (χ0v) is 24.8. The summed E-state index contributed by atoms with van der Waals surface area (Å²) in [6.45, 7) is 4.23. The number of aliphatic hydroxyl groups excluding tert-OH is 1. The van der Waals surface area contributed by atoms with E-state index in [4.69, 9.17) is 14.2 Å². The fourth-order valence-electron chi connectivity index (χ4n) is 5.83. The first-order valence-electron chi connectivity index (χ1n) is 15.2. The Morgan fingerprint density at radius 2 is 1.19 bits per heavy atom. The number of nitrogens with zero attached hydrogens (tertiary/aromatic N) is 1. The average Bonchev–Trinajstić information content (AvgIpc) is 3.06. The summed E-state index contributed by atoms with van der Waals surface area (Å²) >= 11 is 0. The van der Waals surface area contributed by atoms with Crippen molar-refractivity contribution < 1.29 is 23.7 Å². The lowest BCUT2D eigenvalue weighted by atomic mass is 9.88. The molecule has 5 atom stereocenters. The second-order valence-corrected chi connectivity index (χ2v) is 11.2. The molecule has 43 heavy (non-hydrogen) atoms. The van der Waals surface area contributed by atoms with Crippen LogP contribution < -0.4 is 0 Å². The second-order valence-electron chi connectivity index (χ2n) is 11.2. The first-order valence-corrected chi connectivity index (χ1v) is 15.2. The van der Waals surface area contributed by atoms with Crippen LogP contribution in [0.25, 0.3) is 0 Å². The lowest BCUT2D eigenvalue weighted by molar-refractivity contribution is -0.216. The summed E-state index contributed by atoms with van der Waals surface area (Å²) in [4.78, 5) is 2.22. The van der Waals surface area contributed by atoms with Gasteiger partial charge in [0, 0.05) is 13.1 Å². The van der Waals surface area contributed by atoms with E-state index in [-0.39, 0.29) is 18.0 Å². The van der Waals surface area contributed by atoms with Crippen molar-refractivity contribution in [1.29, 1.82) is 0 Å². The zero-order valence-electron chi connectivity index (χ0n) is 24.8. The van der Waals surface area contributed by atoms with E-state index in [9.17, 15) is 9.50 Å². The van der Waals surface area contributed by atoms with Crippen molar-refractivity contribution in [2.24, 2.45) is 0 Å². The van der Waals surface area contributed by atoms with E-state index in [1.54, 1.807) is 6.07 Å². The highest BCUT2D eigenvalue weighted by atomic mass is 19.1. The van der Waals surface area contributed by atoms with Crippen molar-refractivity contribution in [3.05, 3.63) is 143 Å². The number of halogens is 1. The molecular weight excluding hydrogens is 541 g/mol. The van der Waals surface area contributed by atoms with Gasteiger partial charge in [-0.05, 0) is 41.2 Å². The smallest absolute Gasteiger partial charge is 0.126 e. The third-order valence-electron chi connectivity index (χ3n) is 8.18. The molecule has 1 aliphatic heterocycles. The molecule has 0 amide bonds. The summed E-state index contributed by atoms with van der Waals surface area (Å²) in [5, 5.41) is 11.5. The predicted molar refractivity (Wildman–Crippen MR) is 167 cm³/mol. The zero-order chi connectivity index (χ0) is 29.9. The largest absolute Gasteiger partial charge is 0.391 e. The van der Waals surface area contributed by atoms with Crippen molar-refractivity contribution >= 4 is 0 Å². The van der Waals surface area contributed by atoms with Gasteiger partial charge in [-0.2, -0.15) is 0 Å². The maximum atomic E-state index is 14.6. The SMILES string of the molecule is CCC(O)[C@@H]1[C@@H](OCc2ccccc2)[C@H](OCc2ccccc2)[C@@H](OCc2ccccc2)CN1CCc1ccccc1F. The summed E-state index contributed by atoms with van der Waals surface area (Å²) in [5.41, 5.74) is 3.82. The van der Waals surface area contributed by atoms with Gasteiger partial charge < -0.3 is 19.3 Å². The molecule has 0 spiro atoms. The lowest BCUT2D eigenvalue weighted by Crippen LogP contribution is -2.66. The summed E-state index contributed by atoms with van der Waals surface area (Å²) < 4.78 is 34.6. The third kappa shape index (κ3) is 8.59. The van der Waals surface area contributed by atoms with Crippen LogP contribution in [0.1, 0.15) is 35.6 Å². The van der Waals surface area contributed by atoms with Gasteiger partial charge in [-0.1, -0.05) is 116 Å². The Morgan fingerprint density at radius 1 is 0.698 bits per heavy atom. The van der Waals surface area contributed by atoms with Gasteiger partial charge in [0.1, 0.15) is 18.0 Å². The molecule has 0 aliphatic carbocycles. The van der Waals surface area contributed by atoms with Gasteiger partial charge >= 0.3 is 0 Å². The summed E-state index contributed by atoms with van der Waals surface area (Å²) in [6, 6.07) is 36.7. The van der Waals surface area contributed by atoms with Crippen molar-refractivity contribution in [2.45, 2.75) is 70.0 Å². The molecule has 6 heteroatoms. The molecule has 4 aromatic carbocycles. The highest BCUT2D eigenvalue weighted by molar-refractivity contribution is 5.19. The minimum atomic E-state index is -0.667. The normalized spacial score (nSPS) is 21.5. The monoisotopic (exact) mass is 583 g/mol. The fourth-order valence-corrected chi connectivity index (χ4v) is 5.83. The first kappa shape index (κ1) is 31.0. The van der Waals surface area contributed by atoms with Crippen LogP contribution in [0.4, 0.5) is 4.39 Å². The van der Waals surface area contributed by atoms with E-state index in [0.717, 1.165) is 16.7 Å². The van der Waals surface area contributed by atoms with Gasteiger partial charge in [0.2, 0.25) is 0 Å². The third-order valence-corrected chi connectivity index (χ3v) is 8.18. The maximum Gasteiger partial charge on any atom is 0.126 e. The Labute approximate surface area is 254 Å². The molecule has 5 rings (SSSR count). The molecule has 226 valence electrons. The number of piperidine rings is 1. The van der Waals surface area contributed by atoms with Gasteiger partial charge in [0.15, 0.2) is 0 Å². The van der Waals surface area contributed by atoms with Crippen LogP contribution in [0.3, 0.4) is 0 Å². The molecule has 1 N–H and O–H groups in total. The molecule has 5 nitrogen and oxygen atoms in total. The van der Waals surface area contributed by atoms with Crippen molar-refractivity contribution in [3.63, 3.8) is 0 Å². The first-order chi connectivity index (χ1) is 21.1. The number of hydrogen-bond donors (Lipinski definition) is 1. The second kappa shape index (κ2) is 15.9. The number of benzene rings is 4. The van der Waals surface area contributed by atoms with Crippen LogP contribution in [-0.2, 0) is 40.5 Å². The van der Waals surface area contributed by atoms with Crippen molar-refractivity contribution in [2.75, 3.05) is 13.1 Å². The number of ether oxygens (including phenoxy) is 3. The van der Waals surface area contributed by atoms with E-state index in [1.165, 1.54) is 6.07 Å². The van der Waals surface area contributed by atoms with Gasteiger partial charge in [0.05, 0.1) is 38.1 Å². The van der Waals surface area contributed by atoms with E-state index in [2.05, 4.69) is 4.90 Å². The van der Waals surface area contributed by atoms with Crippen LogP contribution in [0.5, 0.6) is 0 Å². The summed E-state index contributed by atoms with van der Waals surface area (Å²) in [7, 11) is 0. The minimum Gasteiger partial charge on any atom is -0.391 e. The predicted octanol–water partition coefficient (Wildman–Crippen LogP) is 6.58. The number of likely N-dealkylation sites (tertiary alicyclic amines) is 1. The highest BCUT2D eigenvalue weighted by Crippen LogP contribution is 2.31.